The predicted octanol–water partition coefficient (Wildman–Crippen LogP) is 2.65. The maximum atomic E-state index is 5.58. The Bertz CT molecular complexity index is 388. The highest BCUT2D eigenvalue weighted by Gasteiger charge is 2.28. The summed E-state index contributed by atoms with van der Waals surface area (Å²) in [4.78, 5) is 0. The first-order valence-corrected chi connectivity index (χ1v) is 6.55. The standard InChI is InChI=1S/C15H26N2O/c1-7-18-13-9-8-12(10-11(13)2)14(16-5)15(3,4)17-6/h8-10,14,16-17H,7H2,1-6H3. The lowest BCUT2D eigenvalue weighted by Crippen LogP contribution is -2.47. The molecule has 0 spiro atoms. The van der Waals surface area contributed by atoms with E-state index in [0.29, 0.717) is 6.61 Å². The van der Waals surface area contributed by atoms with Crippen molar-refractivity contribution in [2.75, 3.05) is 20.7 Å². The van der Waals surface area contributed by atoms with E-state index >= 15 is 0 Å². The van der Waals surface area contributed by atoms with Gasteiger partial charge < -0.3 is 15.4 Å². The second-order valence-electron chi connectivity index (χ2n) is 5.15. The van der Waals surface area contributed by atoms with Crippen LogP contribution in [0.4, 0.5) is 0 Å². The highest BCUT2D eigenvalue weighted by Crippen LogP contribution is 2.28. The Balaban J connectivity index is 3.05. The van der Waals surface area contributed by atoms with E-state index in [1.54, 1.807) is 0 Å². The Morgan fingerprint density at radius 2 is 1.94 bits per heavy atom. The zero-order chi connectivity index (χ0) is 13.8. The molecule has 0 saturated carbocycles. The van der Waals surface area contributed by atoms with Gasteiger partial charge in [0, 0.05) is 11.6 Å². The lowest BCUT2D eigenvalue weighted by atomic mass is 9.88. The lowest BCUT2D eigenvalue weighted by molar-refractivity contribution is 0.310. The molecule has 1 unspecified atom stereocenters. The summed E-state index contributed by atoms with van der Waals surface area (Å²) >= 11 is 0. The molecule has 1 aromatic carbocycles. The van der Waals surface area contributed by atoms with Crippen molar-refractivity contribution >= 4 is 0 Å². The van der Waals surface area contributed by atoms with Crippen LogP contribution in [-0.4, -0.2) is 26.2 Å². The van der Waals surface area contributed by atoms with Gasteiger partial charge in [0.2, 0.25) is 0 Å². The number of hydrogen-bond acceptors (Lipinski definition) is 3. The van der Waals surface area contributed by atoms with E-state index in [4.69, 9.17) is 4.74 Å². The molecule has 0 aliphatic rings. The molecule has 1 aromatic rings. The molecule has 0 fully saturated rings. The van der Waals surface area contributed by atoms with Crippen molar-refractivity contribution in [2.24, 2.45) is 0 Å². The molecule has 0 bridgehead atoms. The van der Waals surface area contributed by atoms with Crippen LogP contribution < -0.4 is 15.4 Å². The van der Waals surface area contributed by atoms with Gasteiger partial charge in [-0.3, -0.25) is 0 Å². The van der Waals surface area contributed by atoms with Gasteiger partial charge in [-0.1, -0.05) is 12.1 Å². The van der Waals surface area contributed by atoms with Gasteiger partial charge in [-0.25, -0.2) is 0 Å². The summed E-state index contributed by atoms with van der Waals surface area (Å²) in [7, 11) is 3.99. The Hall–Kier alpha value is -1.06. The third kappa shape index (κ3) is 3.24. The molecule has 102 valence electrons. The average Bonchev–Trinajstić information content (AvgIpc) is 2.33. The molecular weight excluding hydrogens is 224 g/mol. The number of aryl methyl sites for hydroxylation is 1. The van der Waals surface area contributed by atoms with Crippen LogP contribution in [-0.2, 0) is 0 Å². The second-order valence-corrected chi connectivity index (χ2v) is 5.15. The summed E-state index contributed by atoms with van der Waals surface area (Å²) in [5.74, 6) is 0.971. The van der Waals surface area contributed by atoms with Crippen molar-refractivity contribution in [1.29, 1.82) is 0 Å². The fourth-order valence-corrected chi connectivity index (χ4v) is 2.26. The molecule has 3 nitrogen and oxygen atoms in total. The van der Waals surface area contributed by atoms with Crippen molar-refractivity contribution in [1.82, 2.24) is 10.6 Å². The molecule has 0 saturated heterocycles. The number of ether oxygens (including phenoxy) is 1. The van der Waals surface area contributed by atoms with Crippen LogP contribution in [0.5, 0.6) is 5.75 Å². The van der Waals surface area contributed by atoms with Crippen molar-refractivity contribution in [2.45, 2.75) is 39.3 Å². The van der Waals surface area contributed by atoms with E-state index in [1.807, 2.05) is 21.0 Å². The number of nitrogens with one attached hydrogen (secondary N) is 2. The molecule has 18 heavy (non-hydrogen) atoms. The average molecular weight is 250 g/mol. The fraction of sp³-hybridized carbons (Fsp3) is 0.600. The maximum absolute atomic E-state index is 5.58. The van der Waals surface area contributed by atoms with Gasteiger partial charge in [0.15, 0.2) is 0 Å². The zero-order valence-corrected chi connectivity index (χ0v) is 12.4. The van der Waals surface area contributed by atoms with Gasteiger partial charge in [0.1, 0.15) is 5.75 Å². The van der Waals surface area contributed by atoms with Crippen molar-refractivity contribution < 1.29 is 4.74 Å². The Morgan fingerprint density at radius 1 is 1.28 bits per heavy atom. The molecule has 1 atom stereocenters. The van der Waals surface area contributed by atoms with E-state index in [2.05, 4.69) is 49.6 Å². The third-order valence-electron chi connectivity index (χ3n) is 3.49. The monoisotopic (exact) mass is 250 g/mol. The van der Waals surface area contributed by atoms with Crippen LogP contribution in [0.2, 0.25) is 0 Å². The van der Waals surface area contributed by atoms with Gasteiger partial charge in [-0.15, -0.1) is 0 Å². The highest BCUT2D eigenvalue weighted by molar-refractivity contribution is 5.38. The molecule has 0 aliphatic carbocycles. The van der Waals surface area contributed by atoms with Crippen molar-refractivity contribution in [3.63, 3.8) is 0 Å². The molecule has 0 radical (unpaired) electrons. The molecule has 0 amide bonds. The molecular formula is C15H26N2O. The van der Waals surface area contributed by atoms with Crippen molar-refractivity contribution in [3.05, 3.63) is 29.3 Å². The van der Waals surface area contributed by atoms with Gasteiger partial charge in [0.05, 0.1) is 6.61 Å². The topological polar surface area (TPSA) is 33.3 Å². The molecule has 1 rings (SSSR count). The Morgan fingerprint density at radius 3 is 2.39 bits per heavy atom. The van der Waals surface area contributed by atoms with Gasteiger partial charge in [-0.05, 0) is 59.0 Å². The van der Waals surface area contributed by atoms with Crippen LogP contribution in [0, 0.1) is 6.92 Å². The number of likely N-dealkylation sites (N-methyl/N-ethyl adjacent to an activating group) is 2. The Labute approximate surface area is 111 Å². The minimum Gasteiger partial charge on any atom is -0.494 e. The molecule has 0 heterocycles. The minimum absolute atomic E-state index is 0.00563. The van der Waals surface area contributed by atoms with Crippen LogP contribution in [0.1, 0.15) is 37.9 Å². The fourth-order valence-electron chi connectivity index (χ4n) is 2.26. The predicted molar refractivity (Wildman–Crippen MR) is 77.3 cm³/mol. The normalized spacial score (nSPS) is 13.4. The summed E-state index contributed by atoms with van der Waals surface area (Å²) in [6.07, 6.45) is 0. The van der Waals surface area contributed by atoms with E-state index in [-0.39, 0.29) is 11.6 Å². The van der Waals surface area contributed by atoms with Crippen LogP contribution in [0.25, 0.3) is 0 Å². The molecule has 0 aliphatic heterocycles. The molecule has 2 N–H and O–H groups in total. The third-order valence-corrected chi connectivity index (χ3v) is 3.49. The first-order chi connectivity index (χ1) is 8.46. The summed E-state index contributed by atoms with van der Waals surface area (Å²) in [5.41, 5.74) is 2.45. The molecule has 0 aromatic heterocycles. The van der Waals surface area contributed by atoms with Crippen molar-refractivity contribution in [3.8, 4) is 5.75 Å². The van der Waals surface area contributed by atoms with E-state index in [0.717, 1.165) is 5.75 Å². The molecule has 3 heteroatoms. The second kappa shape index (κ2) is 6.21. The first-order valence-electron chi connectivity index (χ1n) is 6.55. The maximum Gasteiger partial charge on any atom is 0.122 e. The Kier molecular flexibility index (Phi) is 5.17. The minimum atomic E-state index is -0.00563. The van der Waals surface area contributed by atoms with Crippen LogP contribution in [0.15, 0.2) is 18.2 Å². The van der Waals surface area contributed by atoms with Crippen LogP contribution in [0.3, 0.4) is 0 Å². The smallest absolute Gasteiger partial charge is 0.122 e. The van der Waals surface area contributed by atoms with E-state index in [9.17, 15) is 0 Å². The van der Waals surface area contributed by atoms with Gasteiger partial charge in [0.25, 0.3) is 0 Å². The zero-order valence-electron chi connectivity index (χ0n) is 12.4. The van der Waals surface area contributed by atoms with Gasteiger partial charge in [-0.2, -0.15) is 0 Å². The summed E-state index contributed by atoms with van der Waals surface area (Å²) < 4.78 is 5.58. The summed E-state index contributed by atoms with van der Waals surface area (Å²) in [5, 5.41) is 6.74. The largest absolute Gasteiger partial charge is 0.494 e. The lowest BCUT2D eigenvalue weighted by Gasteiger charge is -2.34. The first kappa shape index (κ1) is 15.0. The number of benzene rings is 1. The summed E-state index contributed by atoms with van der Waals surface area (Å²) in [6, 6.07) is 6.66. The van der Waals surface area contributed by atoms with Crippen LogP contribution >= 0.6 is 0 Å². The van der Waals surface area contributed by atoms with Gasteiger partial charge >= 0.3 is 0 Å². The SMILES string of the molecule is CCOc1ccc(C(NC)C(C)(C)NC)cc1C. The highest BCUT2D eigenvalue weighted by atomic mass is 16.5. The number of rotatable bonds is 6. The summed E-state index contributed by atoms with van der Waals surface area (Å²) in [6.45, 7) is 9.19. The van der Waals surface area contributed by atoms with E-state index in [1.165, 1.54) is 11.1 Å². The quantitative estimate of drug-likeness (QED) is 0.814. The number of hydrogen-bond donors (Lipinski definition) is 2. The van der Waals surface area contributed by atoms with E-state index < -0.39 is 0 Å².